The Morgan fingerprint density at radius 1 is 1.21 bits per heavy atom. The molecular formula is C16H16ClNO. The summed E-state index contributed by atoms with van der Waals surface area (Å²) in [6, 6.07) is 12.4. The van der Waals surface area contributed by atoms with E-state index in [0.717, 1.165) is 38.9 Å². The van der Waals surface area contributed by atoms with E-state index in [0.29, 0.717) is 0 Å². The molecule has 3 heteroatoms. The third-order valence-corrected chi connectivity index (χ3v) is 3.90. The molecule has 0 saturated carbocycles. The molecule has 98 valence electrons. The Morgan fingerprint density at radius 3 is 2.63 bits per heavy atom. The molecule has 0 amide bonds. The fourth-order valence-electron chi connectivity index (χ4n) is 2.57. The largest absolute Gasteiger partial charge is 0.459 e. The topological polar surface area (TPSA) is 25.2 Å². The van der Waals surface area contributed by atoms with Crippen molar-refractivity contribution in [2.75, 3.05) is 7.05 Å². The summed E-state index contributed by atoms with van der Waals surface area (Å²) in [6.07, 6.45) is 0.988. The predicted octanol–water partition coefficient (Wildman–Crippen LogP) is 4.91. The van der Waals surface area contributed by atoms with Crippen LogP contribution >= 0.6 is 11.6 Å². The Bertz CT molecular complexity index is 728. The zero-order valence-corrected chi connectivity index (χ0v) is 11.8. The normalized spacial score (nSPS) is 13.2. The smallest absolute Gasteiger partial charge is 0.142 e. The maximum absolute atomic E-state index is 6.34. The molecule has 1 N–H and O–H groups in total. The molecule has 2 aromatic carbocycles. The first kappa shape index (κ1) is 12.5. The molecule has 0 aliphatic heterocycles. The van der Waals surface area contributed by atoms with Crippen molar-refractivity contribution in [3.05, 3.63) is 47.2 Å². The molecule has 0 bridgehead atoms. The Morgan fingerprint density at radius 2 is 1.95 bits per heavy atom. The lowest BCUT2D eigenvalue weighted by atomic mass is 10.1. The highest BCUT2D eigenvalue weighted by molar-refractivity contribution is 6.37. The first-order valence-corrected chi connectivity index (χ1v) is 6.90. The summed E-state index contributed by atoms with van der Waals surface area (Å²) in [7, 11) is 1.95. The van der Waals surface area contributed by atoms with Crippen LogP contribution in [0, 0.1) is 0 Å². The van der Waals surface area contributed by atoms with Gasteiger partial charge in [0.15, 0.2) is 0 Å². The fraction of sp³-hybridized carbons (Fsp3) is 0.250. The Balaban J connectivity index is 2.30. The maximum atomic E-state index is 6.34. The molecule has 1 heterocycles. The van der Waals surface area contributed by atoms with Crippen LogP contribution in [0.3, 0.4) is 0 Å². The van der Waals surface area contributed by atoms with Crippen LogP contribution in [0.1, 0.15) is 25.1 Å². The van der Waals surface area contributed by atoms with Crippen LogP contribution in [0.15, 0.2) is 40.8 Å². The first-order valence-electron chi connectivity index (χ1n) is 6.52. The van der Waals surface area contributed by atoms with E-state index in [1.54, 1.807) is 0 Å². The quantitative estimate of drug-likeness (QED) is 0.733. The Hall–Kier alpha value is -1.51. The number of hydrogen-bond acceptors (Lipinski definition) is 2. The highest BCUT2D eigenvalue weighted by Crippen LogP contribution is 2.35. The van der Waals surface area contributed by atoms with Gasteiger partial charge in [-0.25, -0.2) is 0 Å². The average Bonchev–Trinajstić information content (AvgIpc) is 2.84. The molecule has 1 atom stereocenters. The minimum atomic E-state index is 0.241. The summed E-state index contributed by atoms with van der Waals surface area (Å²) in [5.41, 5.74) is 0.920. The van der Waals surface area contributed by atoms with Gasteiger partial charge in [-0.2, -0.15) is 0 Å². The summed E-state index contributed by atoms with van der Waals surface area (Å²) in [5, 5.41) is 7.21. The van der Waals surface area contributed by atoms with E-state index in [4.69, 9.17) is 16.0 Å². The van der Waals surface area contributed by atoms with Crippen LogP contribution in [0.25, 0.3) is 21.7 Å². The molecule has 0 fully saturated rings. The highest BCUT2D eigenvalue weighted by atomic mass is 35.5. The lowest BCUT2D eigenvalue weighted by Crippen LogP contribution is -2.14. The van der Waals surface area contributed by atoms with Gasteiger partial charge in [-0.1, -0.05) is 42.8 Å². The zero-order chi connectivity index (χ0) is 13.4. The average molecular weight is 274 g/mol. The number of fused-ring (bicyclic) bond motifs is 3. The second kappa shape index (κ2) is 4.87. The minimum Gasteiger partial charge on any atom is -0.459 e. The number of benzene rings is 2. The number of halogens is 1. The van der Waals surface area contributed by atoms with Crippen molar-refractivity contribution in [1.82, 2.24) is 5.32 Å². The standard InChI is InChI=1S/C16H16ClNO/c1-3-14(18-2)15-9-10-8-13(17)11-6-4-5-7-12(11)16(10)19-15/h4-9,14,18H,3H2,1-2H3. The lowest BCUT2D eigenvalue weighted by Gasteiger charge is -2.09. The molecule has 3 aromatic rings. The SMILES string of the molecule is CCC(NC)c1cc2cc(Cl)c3ccccc3c2o1. The van der Waals surface area contributed by atoms with Gasteiger partial charge < -0.3 is 9.73 Å². The molecule has 1 aromatic heterocycles. The molecular weight excluding hydrogens is 258 g/mol. The number of nitrogens with one attached hydrogen (secondary N) is 1. The molecule has 19 heavy (non-hydrogen) atoms. The molecule has 0 saturated heterocycles. The third-order valence-electron chi connectivity index (χ3n) is 3.59. The molecule has 2 nitrogen and oxygen atoms in total. The van der Waals surface area contributed by atoms with Gasteiger partial charge in [0, 0.05) is 21.2 Å². The zero-order valence-electron chi connectivity index (χ0n) is 11.0. The second-order valence-corrected chi connectivity index (χ2v) is 5.13. The van der Waals surface area contributed by atoms with Gasteiger partial charge in [0.05, 0.1) is 6.04 Å². The van der Waals surface area contributed by atoms with Gasteiger partial charge >= 0.3 is 0 Å². The van der Waals surface area contributed by atoms with Crippen molar-refractivity contribution < 1.29 is 4.42 Å². The molecule has 0 radical (unpaired) electrons. The van der Waals surface area contributed by atoms with Crippen LogP contribution in [0.4, 0.5) is 0 Å². The van der Waals surface area contributed by atoms with Gasteiger partial charge in [0.2, 0.25) is 0 Å². The van der Waals surface area contributed by atoms with Gasteiger partial charge in [0.1, 0.15) is 11.3 Å². The maximum Gasteiger partial charge on any atom is 0.142 e. The van der Waals surface area contributed by atoms with Crippen molar-refractivity contribution in [3.8, 4) is 0 Å². The monoisotopic (exact) mass is 273 g/mol. The summed E-state index contributed by atoms with van der Waals surface area (Å²) in [6.45, 7) is 2.14. The predicted molar refractivity (Wildman–Crippen MR) is 80.8 cm³/mol. The van der Waals surface area contributed by atoms with E-state index in [9.17, 15) is 0 Å². The summed E-state index contributed by atoms with van der Waals surface area (Å²) >= 11 is 6.34. The minimum absolute atomic E-state index is 0.241. The van der Waals surface area contributed by atoms with Gasteiger partial charge in [-0.05, 0) is 25.6 Å². The van der Waals surface area contributed by atoms with Crippen molar-refractivity contribution in [2.45, 2.75) is 19.4 Å². The van der Waals surface area contributed by atoms with Crippen LogP contribution in [0.5, 0.6) is 0 Å². The number of rotatable bonds is 3. The molecule has 1 unspecified atom stereocenters. The Kier molecular flexibility index (Phi) is 3.21. The fourth-order valence-corrected chi connectivity index (χ4v) is 2.85. The lowest BCUT2D eigenvalue weighted by molar-refractivity contribution is 0.445. The van der Waals surface area contributed by atoms with Crippen molar-refractivity contribution in [1.29, 1.82) is 0 Å². The third kappa shape index (κ3) is 2.01. The van der Waals surface area contributed by atoms with Crippen molar-refractivity contribution in [3.63, 3.8) is 0 Å². The first-order chi connectivity index (χ1) is 9.24. The molecule has 0 aliphatic rings. The molecule has 0 aliphatic carbocycles. The van der Waals surface area contributed by atoms with E-state index < -0.39 is 0 Å². The second-order valence-electron chi connectivity index (χ2n) is 4.72. The number of hydrogen-bond donors (Lipinski definition) is 1. The van der Waals surface area contributed by atoms with Gasteiger partial charge in [0.25, 0.3) is 0 Å². The molecule has 0 spiro atoms. The van der Waals surface area contributed by atoms with E-state index in [-0.39, 0.29) is 6.04 Å². The summed E-state index contributed by atoms with van der Waals surface area (Å²) in [4.78, 5) is 0. The van der Waals surface area contributed by atoms with Crippen LogP contribution < -0.4 is 5.32 Å². The highest BCUT2D eigenvalue weighted by Gasteiger charge is 2.15. The van der Waals surface area contributed by atoms with E-state index in [1.807, 2.05) is 31.3 Å². The van der Waals surface area contributed by atoms with Crippen LogP contribution in [-0.4, -0.2) is 7.05 Å². The molecule has 3 rings (SSSR count). The van der Waals surface area contributed by atoms with E-state index in [1.165, 1.54) is 0 Å². The van der Waals surface area contributed by atoms with Crippen molar-refractivity contribution >= 4 is 33.3 Å². The van der Waals surface area contributed by atoms with Crippen LogP contribution in [0.2, 0.25) is 5.02 Å². The van der Waals surface area contributed by atoms with Crippen molar-refractivity contribution in [2.24, 2.45) is 0 Å². The Labute approximate surface area is 117 Å². The van der Waals surface area contributed by atoms with Gasteiger partial charge in [-0.3, -0.25) is 0 Å². The van der Waals surface area contributed by atoms with E-state index >= 15 is 0 Å². The summed E-state index contributed by atoms with van der Waals surface area (Å²) in [5.74, 6) is 0.965. The van der Waals surface area contributed by atoms with Gasteiger partial charge in [-0.15, -0.1) is 0 Å². The summed E-state index contributed by atoms with van der Waals surface area (Å²) < 4.78 is 6.06. The van der Waals surface area contributed by atoms with E-state index in [2.05, 4.69) is 24.4 Å². The van der Waals surface area contributed by atoms with Crippen LogP contribution in [-0.2, 0) is 0 Å². The number of furan rings is 1.